The average Bonchev–Trinajstić information content (AvgIpc) is 2.71. The van der Waals surface area contributed by atoms with E-state index >= 15 is 0 Å². The molecule has 92 valence electrons. The Labute approximate surface area is 112 Å². The van der Waals surface area contributed by atoms with Crippen LogP contribution in [0, 0.1) is 18.3 Å². The molecular formula is C14H14ClN3. The number of aryl methyl sites for hydroxylation is 2. The van der Waals surface area contributed by atoms with Gasteiger partial charge in [-0.2, -0.15) is 5.26 Å². The van der Waals surface area contributed by atoms with Crippen LogP contribution in [0.3, 0.4) is 0 Å². The molecule has 4 heteroatoms. The van der Waals surface area contributed by atoms with E-state index in [0.717, 1.165) is 21.8 Å². The highest BCUT2D eigenvalue weighted by Crippen LogP contribution is 2.20. The fourth-order valence-corrected chi connectivity index (χ4v) is 1.93. The third-order valence-electron chi connectivity index (χ3n) is 2.84. The van der Waals surface area contributed by atoms with Gasteiger partial charge in [-0.15, -0.1) is 0 Å². The van der Waals surface area contributed by atoms with E-state index in [1.807, 2.05) is 49.0 Å². The van der Waals surface area contributed by atoms with Crippen molar-refractivity contribution in [1.29, 1.82) is 5.26 Å². The number of halogens is 1. The monoisotopic (exact) mass is 259 g/mol. The van der Waals surface area contributed by atoms with Gasteiger partial charge in [-0.05, 0) is 36.2 Å². The second-order valence-corrected chi connectivity index (χ2v) is 4.68. The number of anilines is 1. The minimum Gasteiger partial charge on any atom is -0.381 e. The molecule has 0 spiro atoms. The highest BCUT2D eigenvalue weighted by atomic mass is 35.5. The van der Waals surface area contributed by atoms with E-state index in [-0.39, 0.29) is 0 Å². The fourth-order valence-electron chi connectivity index (χ4n) is 1.75. The summed E-state index contributed by atoms with van der Waals surface area (Å²) >= 11 is 6.06. The standard InChI is InChI=1S/C14H14ClN3/c1-10-3-4-12(6-14(10)15)17-8-11-5-13(7-16)18(2)9-11/h3-6,9,17H,8H2,1-2H3. The van der Waals surface area contributed by atoms with E-state index in [1.54, 1.807) is 0 Å². The number of hydrogen-bond acceptors (Lipinski definition) is 2. The molecule has 1 aromatic carbocycles. The third kappa shape index (κ3) is 2.66. The molecule has 0 aliphatic carbocycles. The van der Waals surface area contributed by atoms with Crippen molar-refractivity contribution in [3.63, 3.8) is 0 Å². The number of nitriles is 1. The van der Waals surface area contributed by atoms with Crippen LogP contribution in [0.4, 0.5) is 5.69 Å². The van der Waals surface area contributed by atoms with Crippen LogP contribution in [0.15, 0.2) is 30.5 Å². The summed E-state index contributed by atoms with van der Waals surface area (Å²) in [7, 11) is 1.87. The Morgan fingerprint density at radius 3 is 2.78 bits per heavy atom. The van der Waals surface area contributed by atoms with Crippen LogP contribution < -0.4 is 5.32 Å². The number of hydrogen-bond donors (Lipinski definition) is 1. The Kier molecular flexibility index (Phi) is 3.59. The fraction of sp³-hybridized carbons (Fsp3) is 0.214. The Bertz CT molecular complexity index is 608. The first-order valence-corrected chi connectivity index (χ1v) is 6.03. The zero-order valence-corrected chi connectivity index (χ0v) is 11.1. The molecule has 0 saturated carbocycles. The Morgan fingerprint density at radius 1 is 1.39 bits per heavy atom. The largest absolute Gasteiger partial charge is 0.381 e. The number of nitrogens with zero attached hydrogens (tertiary/aromatic N) is 2. The van der Waals surface area contributed by atoms with Gasteiger partial charge in [0.2, 0.25) is 0 Å². The molecule has 0 amide bonds. The Hall–Kier alpha value is -1.92. The minimum absolute atomic E-state index is 0.661. The predicted molar refractivity (Wildman–Crippen MR) is 73.6 cm³/mol. The molecule has 1 N–H and O–H groups in total. The van der Waals surface area contributed by atoms with Gasteiger partial charge in [0.15, 0.2) is 0 Å². The molecule has 0 saturated heterocycles. The van der Waals surface area contributed by atoms with Crippen molar-refractivity contribution in [2.75, 3.05) is 5.32 Å². The topological polar surface area (TPSA) is 40.8 Å². The van der Waals surface area contributed by atoms with Crippen molar-refractivity contribution < 1.29 is 0 Å². The summed E-state index contributed by atoms with van der Waals surface area (Å²) in [6.45, 7) is 2.65. The number of nitrogens with one attached hydrogen (secondary N) is 1. The zero-order chi connectivity index (χ0) is 13.1. The molecule has 0 atom stereocenters. The third-order valence-corrected chi connectivity index (χ3v) is 3.25. The van der Waals surface area contributed by atoms with Gasteiger partial charge in [0.25, 0.3) is 0 Å². The second kappa shape index (κ2) is 5.16. The SMILES string of the molecule is Cc1ccc(NCc2cc(C#N)n(C)c2)cc1Cl. The molecule has 2 rings (SSSR count). The van der Waals surface area contributed by atoms with Gasteiger partial charge in [-0.3, -0.25) is 0 Å². The van der Waals surface area contributed by atoms with Crippen LogP contribution in [-0.4, -0.2) is 4.57 Å². The first-order chi connectivity index (χ1) is 8.60. The summed E-state index contributed by atoms with van der Waals surface area (Å²) in [5, 5.41) is 12.9. The summed E-state index contributed by atoms with van der Waals surface area (Å²) in [5.74, 6) is 0. The van der Waals surface area contributed by atoms with Crippen LogP contribution in [-0.2, 0) is 13.6 Å². The van der Waals surface area contributed by atoms with E-state index in [2.05, 4.69) is 11.4 Å². The van der Waals surface area contributed by atoms with E-state index < -0.39 is 0 Å². The maximum Gasteiger partial charge on any atom is 0.120 e. The van der Waals surface area contributed by atoms with Crippen molar-refractivity contribution in [2.45, 2.75) is 13.5 Å². The molecule has 1 aromatic heterocycles. The smallest absolute Gasteiger partial charge is 0.120 e. The lowest BCUT2D eigenvalue weighted by Gasteiger charge is -2.06. The van der Waals surface area contributed by atoms with E-state index in [4.69, 9.17) is 16.9 Å². The summed E-state index contributed by atoms with van der Waals surface area (Å²) in [4.78, 5) is 0. The van der Waals surface area contributed by atoms with Crippen molar-refractivity contribution in [2.24, 2.45) is 7.05 Å². The zero-order valence-electron chi connectivity index (χ0n) is 10.4. The first kappa shape index (κ1) is 12.5. The average molecular weight is 260 g/mol. The lowest BCUT2D eigenvalue weighted by Crippen LogP contribution is -1.98. The number of rotatable bonds is 3. The Balaban J connectivity index is 2.07. The number of benzene rings is 1. The summed E-state index contributed by atoms with van der Waals surface area (Å²) in [6, 6.07) is 9.91. The van der Waals surface area contributed by atoms with Gasteiger partial charge in [0, 0.05) is 30.5 Å². The van der Waals surface area contributed by atoms with Crippen LogP contribution in [0.2, 0.25) is 5.02 Å². The molecule has 3 nitrogen and oxygen atoms in total. The highest BCUT2D eigenvalue weighted by Gasteiger charge is 2.02. The summed E-state index contributed by atoms with van der Waals surface area (Å²) in [6.07, 6.45) is 1.95. The van der Waals surface area contributed by atoms with Gasteiger partial charge < -0.3 is 9.88 Å². The van der Waals surface area contributed by atoms with Crippen molar-refractivity contribution in [3.05, 3.63) is 52.3 Å². The summed E-state index contributed by atoms with van der Waals surface area (Å²) < 4.78 is 1.82. The maximum absolute atomic E-state index is 8.88. The van der Waals surface area contributed by atoms with Crippen molar-refractivity contribution in [1.82, 2.24) is 4.57 Å². The molecule has 1 heterocycles. The molecule has 0 radical (unpaired) electrons. The van der Waals surface area contributed by atoms with Crippen LogP contribution >= 0.6 is 11.6 Å². The van der Waals surface area contributed by atoms with Crippen LogP contribution in [0.1, 0.15) is 16.8 Å². The molecular weight excluding hydrogens is 246 g/mol. The maximum atomic E-state index is 8.88. The quantitative estimate of drug-likeness (QED) is 0.917. The second-order valence-electron chi connectivity index (χ2n) is 4.27. The van der Waals surface area contributed by atoms with E-state index in [1.165, 1.54) is 0 Å². The molecule has 18 heavy (non-hydrogen) atoms. The van der Waals surface area contributed by atoms with Gasteiger partial charge in [-0.1, -0.05) is 17.7 Å². The van der Waals surface area contributed by atoms with Crippen LogP contribution in [0.5, 0.6) is 0 Å². The van der Waals surface area contributed by atoms with Gasteiger partial charge in [-0.25, -0.2) is 0 Å². The number of aromatic nitrogens is 1. The van der Waals surface area contributed by atoms with E-state index in [0.29, 0.717) is 12.2 Å². The first-order valence-electron chi connectivity index (χ1n) is 5.65. The van der Waals surface area contributed by atoms with Gasteiger partial charge in [0.1, 0.15) is 11.8 Å². The summed E-state index contributed by atoms with van der Waals surface area (Å²) in [5.41, 5.74) is 3.78. The van der Waals surface area contributed by atoms with Gasteiger partial charge >= 0.3 is 0 Å². The molecule has 0 aliphatic heterocycles. The molecule has 0 fully saturated rings. The lowest BCUT2D eigenvalue weighted by atomic mass is 10.2. The van der Waals surface area contributed by atoms with Crippen molar-refractivity contribution >= 4 is 17.3 Å². The minimum atomic E-state index is 0.661. The predicted octanol–water partition coefficient (Wildman–Crippen LogP) is 3.47. The highest BCUT2D eigenvalue weighted by molar-refractivity contribution is 6.31. The van der Waals surface area contributed by atoms with Crippen molar-refractivity contribution in [3.8, 4) is 6.07 Å². The molecule has 0 unspecified atom stereocenters. The molecule has 2 aromatic rings. The van der Waals surface area contributed by atoms with E-state index in [9.17, 15) is 0 Å². The lowest BCUT2D eigenvalue weighted by molar-refractivity contribution is 0.902. The Morgan fingerprint density at radius 2 is 2.17 bits per heavy atom. The van der Waals surface area contributed by atoms with Gasteiger partial charge in [0.05, 0.1) is 0 Å². The molecule has 0 bridgehead atoms. The molecule has 0 aliphatic rings. The normalized spacial score (nSPS) is 10.1. The van der Waals surface area contributed by atoms with Crippen LogP contribution in [0.25, 0.3) is 0 Å².